The number of carbonyl (C=O) groups is 1. The average molecular weight is 228 g/mol. The molecule has 0 atom stereocenters. The van der Waals surface area contributed by atoms with Crippen LogP contribution in [0, 0.1) is 5.82 Å². The third kappa shape index (κ3) is 3.55. The molecule has 0 aliphatic carbocycles. The Kier molecular flexibility index (Phi) is 4.62. The van der Waals surface area contributed by atoms with Gasteiger partial charge in [-0.2, -0.15) is 0 Å². The van der Waals surface area contributed by atoms with Gasteiger partial charge >= 0.3 is 5.97 Å². The highest BCUT2D eigenvalue weighted by Gasteiger charge is 2.08. The van der Waals surface area contributed by atoms with Crippen molar-refractivity contribution in [3.8, 4) is 0 Å². The molecule has 4 heteroatoms. The van der Waals surface area contributed by atoms with Gasteiger partial charge in [0.15, 0.2) is 0 Å². The largest absolute Gasteiger partial charge is 0.469 e. The third-order valence-corrected chi connectivity index (χ3v) is 2.77. The van der Waals surface area contributed by atoms with E-state index < -0.39 is 5.97 Å². The van der Waals surface area contributed by atoms with E-state index in [0.717, 1.165) is 10.6 Å². The van der Waals surface area contributed by atoms with E-state index in [0.29, 0.717) is 5.56 Å². The monoisotopic (exact) mass is 228 g/mol. The van der Waals surface area contributed by atoms with Crippen molar-refractivity contribution in [2.24, 2.45) is 0 Å². The first kappa shape index (κ1) is 12.0. The number of benzene rings is 1. The third-order valence-electron chi connectivity index (χ3n) is 1.90. The van der Waals surface area contributed by atoms with Crippen molar-refractivity contribution < 1.29 is 13.9 Å². The highest BCUT2D eigenvalue weighted by molar-refractivity contribution is 7.99. The summed E-state index contributed by atoms with van der Waals surface area (Å²) < 4.78 is 17.9. The molecule has 0 saturated heterocycles. The zero-order valence-corrected chi connectivity index (χ0v) is 9.57. The Morgan fingerprint density at radius 3 is 2.80 bits per heavy atom. The first-order chi connectivity index (χ1) is 7.17. The van der Waals surface area contributed by atoms with E-state index in [1.54, 1.807) is 17.8 Å². The molecule has 1 aromatic carbocycles. The van der Waals surface area contributed by atoms with E-state index in [-0.39, 0.29) is 12.2 Å². The van der Waals surface area contributed by atoms with Crippen LogP contribution in [0.25, 0.3) is 0 Å². The van der Waals surface area contributed by atoms with Gasteiger partial charge in [-0.05, 0) is 23.4 Å². The maximum atomic E-state index is 13.4. The fraction of sp³-hybridized carbons (Fsp3) is 0.364. The van der Waals surface area contributed by atoms with Gasteiger partial charge in [0, 0.05) is 4.90 Å². The number of ether oxygens (including phenoxy) is 1. The molecule has 0 N–H and O–H groups in total. The van der Waals surface area contributed by atoms with Crippen LogP contribution >= 0.6 is 11.8 Å². The lowest BCUT2D eigenvalue weighted by Gasteiger charge is -2.04. The summed E-state index contributed by atoms with van der Waals surface area (Å²) in [4.78, 5) is 11.8. The Morgan fingerprint density at radius 2 is 2.27 bits per heavy atom. The molecule has 0 aliphatic rings. The van der Waals surface area contributed by atoms with Gasteiger partial charge in [0.2, 0.25) is 0 Å². The standard InChI is InChI=1S/C11H13FO2S/c1-3-15-9-5-4-8(10(12)7-9)6-11(13)14-2/h4-5,7H,3,6H2,1-2H3. The lowest BCUT2D eigenvalue weighted by Crippen LogP contribution is -2.06. The molecule has 0 bridgehead atoms. The summed E-state index contributed by atoms with van der Waals surface area (Å²) in [6, 6.07) is 4.90. The highest BCUT2D eigenvalue weighted by Crippen LogP contribution is 2.20. The molecular formula is C11H13FO2S. The van der Waals surface area contributed by atoms with Crippen molar-refractivity contribution in [3.05, 3.63) is 29.6 Å². The number of hydrogen-bond acceptors (Lipinski definition) is 3. The van der Waals surface area contributed by atoms with Gasteiger partial charge < -0.3 is 4.74 Å². The molecular weight excluding hydrogens is 215 g/mol. The second-order valence-electron chi connectivity index (χ2n) is 2.94. The molecule has 0 aliphatic heterocycles. The molecule has 15 heavy (non-hydrogen) atoms. The number of esters is 1. The molecule has 0 amide bonds. The fourth-order valence-corrected chi connectivity index (χ4v) is 1.84. The molecule has 1 rings (SSSR count). The van der Waals surface area contributed by atoms with Gasteiger partial charge in [-0.3, -0.25) is 4.79 Å². The van der Waals surface area contributed by atoms with Crippen LogP contribution in [0.3, 0.4) is 0 Å². The SMILES string of the molecule is CCSc1ccc(CC(=O)OC)c(F)c1. The molecule has 0 fully saturated rings. The minimum absolute atomic E-state index is 0.0145. The number of methoxy groups -OCH3 is 1. The molecule has 0 heterocycles. The van der Waals surface area contributed by atoms with Crippen LogP contribution in [0.4, 0.5) is 4.39 Å². The highest BCUT2D eigenvalue weighted by atomic mass is 32.2. The summed E-state index contributed by atoms with van der Waals surface area (Å²) in [6.45, 7) is 2.00. The van der Waals surface area contributed by atoms with E-state index in [9.17, 15) is 9.18 Å². The zero-order chi connectivity index (χ0) is 11.3. The number of hydrogen-bond donors (Lipinski definition) is 0. The molecule has 82 valence electrons. The molecule has 1 aromatic rings. The van der Waals surface area contributed by atoms with Gasteiger partial charge in [-0.1, -0.05) is 13.0 Å². The first-order valence-electron chi connectivity index (χ1n) is 4.65. The average Bonchev–Trinajstić information content (AvgIpc) is 2.22. The van der Waals surface area contributed by atoms with Crippen molar-refractivity contribution in [1.82, 2.24) is 0 Å². The minimum atomic E-state index is -0.426. The van der Waals surface area contributed by atoms with Crippen LogP contribution in [-0.2, 0) is 16.0 Å². The number of halogens is 1. The molecule has 0 unspecified atom stereocenters. The first-order valence-corrected chi connectivity index (χ1v) is 5.64. The Bertz CT molecular complexity index is 352. The van der Waals surface area contributed by atoms with Crippen LogP contribution in [-0.4, -0.2) is 18.8 Å². The smallest absolute Gasteiger partial charge is 0.310 e. The normalized spacial score (nSPS) is 10.1. The van der Waals surface area contributed by atoms with Crippen LogP contribution < -0.4 is 0 Å². The van der Waals surface area contributed by atoms with Gasteiger partial charge in [-0.15, -0.1) is 11.8 Å². The summed E-state index contributed by atoms with van der Waals surface area (Å²) in [6.07, 6.45) is -0.0145. The maximum Gasteiger partial charge on any atom is 0.310 e. The molecule has 0 spiro atoms. The van der Waals surface area contributed by atoms with Crippen LogP contribution in [0.15, 0.2) is 23.1 Å². The van der Waals surface area contributed by atoms with Gasteiger partial charge in [0.25, 0.3) is 0 Å². The number of thioether (sulfide) groups is 1. The lowest BCUT2D eigenvalue weighted by molar-refractivity contribution is -0.139. The number of rotatable bonds is 4. The predicted molar refractivity (Wildman–Crippen MR) is 58.5 cm³/mol. The van der Waals surface area contributed by atoms with E-state index in [2.05, 4.69) is 4.74 Å². The Hall–Kier alpha value is -1.03. The Morgan fingerprint density at radius 1 is 1.53 bits per heavy atom. The van der Waals surface area contributed by atoms with E-state index in [4.69, 9.17) is 0 Å². The lowest BCUT2D eigenvalue weighted by atomic mass is 10.1. The summed E-state index contributed by atoms with van der Waals surface area (Å²) in [5.41, 5.74) is 0.377. The van der Waals surface area contributed by atoms with Crippen LogP contribution in [0.2, 0.25) is 0 Å². The summed E-state index contributed by atoms with van der Waals surface area (Å²) in [7, 11) is 1.29. The number of carbonyl (C=O) groups excluding carboxylic acids is 1. The Balaban J connectivity index is 2.78. The summed E-state index contributed by atoms with van der Waals surface area (Å²) >= 11 is 1.57. The van der Waals surface area contributed by atoms with Gasteiger partial charge in [-0.25, -0.2) is 4.39 Å². The van der Waals surface area contributed by atoms with Gasteiger partial charge in [0.1, 0.15) is 5.82 Å². The Labute approximate surface area is 92.8 Å². The topological polar surface area (TPSA) is 26.3 Å². The predicted octanol–water partition coefficient (Wildman–Crippen LogP) is 2.65. The zero-order valence-electron chi connectivity index (χ0n) is 8.75. The van der Waals surface area contributed by atoms with Crippen molar-refractivity contribution in [2.75, 3.05) is 12.9 Å². The minimum Gasteiger partial charge on any atom is -0.469 e. The van der Waals surface area contributed by atoms with Crippen molar-refractivity contribution >= 4 is 17.7 Å². The fourth-order valence-electron chi connectivity index (χ4n) is 1.16. The van der Waals surface area contributed by atoms with Crippen molar-refractivity contribution in [1.29, 1.82) is 0 Å². The van der Waals surface area contributed by atoms with E-state index in [1.807, 2.05) is 13.0 Å². The second kappa shape index (κ2) is 5.75. The van der Waals surface area contributed by atoms with Gasteiger partial charge in [0.05, 0.1) is 13.5 Å². The van der Waals surface area contributed by atoms with Crippen molar-refractivity contribution in [2.45, 2.75) is 18.2 Å². The molecule has 0 aromatic heterocycles. The van der Waals surface area contributed by atoms with Crippen molar-refractivity contribution in [3.63, 3.8) is 0 Å². The summed E-state index contributed by atoms with van der Waals surface area (Å²) in [5, 5.41) is 0. The molecule has 2 nitrogen and oxygen atoms in total. The quantitative estimate of drug-likeness (QED) is 0.585. The molecule has 0 saturated carbocycles. The van der Waals surface area contributed by atoms with E-state index in [1.165, 1.54) is 13.2 Å². The van der Waals surface area contributed by atoms with E-state index >= 15 is 0 Å². The molecule has 0 radical (unpaired) electrons. The maximum absolute atomic E-state index is 13.4. The van der Waals surface area contributed by atoms with Crippen LogP contribution in [0.1, 0.15) is 12.5 Å². The van der Waals surface area contributed by atoms with Crippen LogP contribution in [0.5, 0.6) is 0 Å². The summed E-state index contributed by atoms with van der Waals surface area (Å²) in [5.74, 6) is 0.124. The second-order valence-corrected chi connectivity index (χ2v) is 4.28.